The first-order chi connectivity index (χ1) is 14.1. The van der Waals surface area contributed by atoms with Crippen LogP contribution in [0.3, 0.4) is 0 Å². The fourth-order valence-electron chi connectivity index (χ4n) is 4.00. The van der Waals surface area contributed by atoms with Crippen molar-refractivity contribution in [3.63, 3.8) is 0 Å². The average molecular weight is 395 g/mol. The number of para-hydroxylation sites is 1. The molecule has 2 aliphatic rings. The van der Waals surface area contributed by atoms with Gasteiger partial charge < -0.3 is 28.7 Å². The molecule has 0 saturated heterocycles. The van der Waals surface area contributed by atoms with Crippen molar-refractivity contribution in [2.24, 2.45) is 0 Å². The summed E-state index contributed by atoms with van der Waals surface area (Å²) in [5, 5.41) is 0.659. The second kappa shape index (κ2) is 6.44. The van der Waals surface area contributed by atoms with Gasteiger partial charge in [-0.3, -0.25) is 9.59 Å². The highest BCUT2D eigenvalue weighted by Crippen LogP contribution is 2.53. The zero-order valence-electron chi connectivity index (χ0n) is 15.7. The number of fused-ring (bicyclic) bond motifs is 4. The number of rotatable bonds is 3. The lowest BCUT2D eigenvalue weighted by molar-refractivity contribution is -0.135. The van der Waals surface area contributed by atoms with E-state index >= 15 is 0 Å². The Balaban J connectivity index is 1.81. The summed E-state index contributed by atoms with van der Waals surface area (Å²) >= 11 is 0. The second-order valence-electron chi connectivity index (χ2n) is 6.74. The number of H-pyrrole nitrogens is 1. The second-order valence-corrected chi connectivity index (χ2v) is 6.74. The number of nitrogens with one attached hydrogen (secondary N) is 1. The summed E-state index contributed by atoms with van der Waals surface area (Å²) in [5.41, 5.74) is 1.23. The smallest absolute Gasteiger partial charge is 0.312 e. The van der Waals surface area contributed by atoms with E-state index in [-0.39, 0.29) is 24.5 Å². The number of aromatic nitrogens is 1. The van der Waals surface area contributed by atoms with Crippen molar-refractivity contribution >= 4 is 16.9 Å². The van der Waals surface area contributed by atoms with Crippen LogP contribution in [0.5, 0.6) is 28.7 Å². The summed E-state index contributed by atoms with van der Waals surface area (Å²) in [6.07, 6.45) is -0.0203. The monoisotopic (exact) mass is 395 g/mol. The summed E-state index contributed by atoms with van der Waals surface area (Å²) in [6.45, 7) is 0.0278. The van der Waals surface area contributed by atoms with E-state index in [9.17, 15) is 9.59 Å². The van der Waals surface area contributed by atoms with Crippen molar-refractivity contribution in [3.05, 3.63) is 51.8 Å². The number of aromatic amines is 1. The molecule has 5 rings (SSSR count). The summed E-state index contributed by atoms with van der Waals surface area (Å²) < 4.78 is 27.6. The lowest BCUT2D eigenvalue weighted by Crippen LogP contribution is -2.28. The van der Waals surface area contributed by atoms with Crippen LogP contribution in [0.25, 0.3) is 10.9 Å². The summed E-state index contributed by atoms with van der Waals surface area (Å²) in [6, 6.07) is 8.91. The lowest BCUT2D eigenvalue weighted by Gasteiger charge is -2.26. The van der Waals surface area contributed by atoms with Crippen LogP contribution in [-0.2, 0) is 4.79 Å². The quantitative estimate of drug-likeness (QED) is 0.681. The van der Waals surface area contributed by atoms with E-state index in [1.807, 2.05) is 6.07 Å². The maximum Gasteiger partial charge on any atom is 0.312 e. The van der Waals surface area contributed by atoms with Gasteiger partial charge in [-0.25, -0.2) is 0 Å². The van der Waals surface area contributed by atoms with Crippen LogP contribution in [0, 0.1) is 0 Å². The first-order valence-corrected chi connectivity index (χ1v) is 9.02. The van der Waals surface area contributed by atoms with Gasteiger partial charge in [0.15, 0.2) is 11.5 Å². The van der Waals surface area contributed by atoms with Crippen molar-refractivity contribution in [2.45, 2.75) is 12.3 Å². The Kier molecular flexibility index (Phi) is 3.87. The number of benzene rings is 2. The fraction of sp³-hybridized carbons (Fsp3) is 0.238. The van der Waals surface area contributed by atoms with Crippen molar-refractivity contribution in [2.75, 3.05) is 21.0 Å². The Hall–Kier alpha value is -3.68. The molecule has 8 nitrogen and oxygen atoms in total. The summed E-state index contributed by atoms with van der Waals surface area (Å²) in [5.74, 6) is 0.889. The molecule has 2 aliphatic heterocycles. The minimum absolute atomic E-state index is 0.0203. The number of ether oxygens (including phenoxy) is 5. The number of hydrogen-bond acceptors (Lipinski definition) is 7. The highest BCUT2D eigenvalue weighted by Gasteiger charge is 2.37. The van der Waals surface area contributed by atoms with E-state index in [0.29, 0.717) is 45.0 Å². The average Bonchev–Trinajstić information content (AvgIpc) is 3.21. The molecule has 0 aliphatic carbocycles. The van der Waals surface area contributed by atoms with Crippen LogP contribution < -0.4 is 29.2 Å². The zero-order valence-corrected chi connectivity index (χ0v) is 15.7. The van der Waals surface area contributed by atoms with E-state index in [1.165, 1.54) is 14.2 Å². The molecule has 2 aromatic carbocycles. The largest absolute Gasteiger partial charge is 0.493 e. The first-order valence-electron chi connectivity index (χ1n) is 9.02. The molecular formula is C21H17NO7. The van der Waals surface area contributed by atoms with Crippen LogP contribution >= 0.6 is 0 Å². The van der Waals surface area contributed by atoms with Crippen LogP contribution in [0.1, 0.15) is 23.5 Å². The molecule has 0 bridgehead atoms. The van der Waals surface area contributed by atoms with E-state index in [1.54, 1.807) is 24.3 Å². The zero-order chi connectivity index (χ0) is 20.1. The molecule has 8 heteroatoms. The molecular weight excluding hydrogens is 378 g/mol. The van der Waals surface area contributed by atoms with Crippen molar-refractivity contribution in [1.29, 1.82) is 0 Å². The Morgan fingerprint density at radius 1 is 1.03 bits per heavy atom. The van der Waals surface area contributed by atoms with Crippen molar-refractivity contribution in [3.8, 4) is 28.7 Å². The van der Waals surface area contributed by atoms with Gasteiger partial charge in [0, 0.05) is 16.9 Å². The molecule has 3 heterocycles. The molecule has 0 saturated carbocycles. The topological polar surface area (TPSA) is 96.1 Å². The molecule has 0 amide bonds. The third-order valence-corrected chi connectivity index (χ3v) is 5.24. The number of hydrogen-bond donors (Lipinski definition) is 1. The molecule has 1 aromatic heterocycles. The van der Waals surface area contributed by atoms with Gasteiger partial charge in [0.1, 0.15) is 5.75 Å². The Morgan fingerprint density at radius 3 is 2.62 bits per heavy atom. The number of carbonyl (C=O) groups is 1. The summed E-state index contributed by atoms with van der Waals surface area (Å²) in [4.78, 5) is 28.3. The van der Waals surface area contributed by atoms with Gasteiger partial charge in [-0.1, -0.05) is 12.1 Å². The van der Waals surface area contributed by atoms with Crippen LogP contribution in [0.2, 0.25) is 0 Å². The van der Waals surface area contributed by atoms with E-state index in [2.05, 4.69) is 4.98 Å². The standard InChI is InChI=1S/C21H17NO7/c1-25-14-7-12(18(26-2)20-19(14)27-9-28-20)11-8-15(23)29-17-10-5-3-4-6-13(10)22-21(24)16(11)17/h3-7,11H,8-9H2,1-2H3,(H,22,24). The number of methoxy groups -OCH3 is 2. The maximum absolute atomic E-state index is 13.0. The van der Waals surface area contributed by atoms with Crippen LogP contribution in [0.15, 0.2) is 35.1 Å². The van der Waals surface area contributed by atoms with E-state index < -0.39 is 11.9 Å². The van der Waals surface area contributed by atoms with Gasteiger partial charge in [0.25, 0.3) is 5.56 Å². The molecule has 29 heavy (non-hydrogen) atoms. The number of carbonyl (C=O) groups excluding carboxylic acids is 1. The molecule has 3 aromatic rings. The highest BCUT2D eigenvalue weighted by molar-refractivity contribution is 5.91. The lowest BCUT2D eigenvalue weighted by atomic mass is 9.85. The Morgan fingerprint density at radius 2 is 1.83 bits per heavy atom. The molecule has 1 N–H and O–H groups in total. The Labute approximate surface area is 164 Å². The predicted octanol–water partition coefficient (Wildman–Crippen LogP) is 2.72. The van der Waals surface area contributed by atoms with Gasteiger partial charge >= 0.3 is 5.97 Å². The van der Waals surface area contributed by atoms with Gasteiger partial charge in [0.05, 0.1) is 31.7 Å². The normalized spacial score (nSPS) is 17.0. The van der Waals surface area contributed by atoms with Crippen molar-refractivity contribution < 1.29 is 28.5 Å². The number of esters is 1. The van der Waals surface area contributed by atoms with Crippen LogP contribution in [-0.4, -0.2) is 32.0 Å². The van der Waals surface area contributed by atoms with Gasteiger partial charge in [-0.05, 0) is 18.2 Å². The van der Waals surface area contributed by atoms with Crippen LogP contribution in [0.4, 0.5) is 0 Å². The molecule has 0 radical (unpaired) electrons. The van der Waals surface area contributed by atoms with Crippen molar-refractivity contribution in [1.82, 2.24) is 4.98 Å². The predicted molar refractivity (Wildman–Crippen MR) is 102 cm³/mol. The molecule has 0 spiro atoms. The van der Waals surface area contributed by atoms with Gasteiger partial charge in [-0.15, -0.1) is 0 Å². The minimum atomic E-state index is -0.599. The molecule has 1 unspecified atom stereocenters. The molecule has 1 atom stereocenters. The van der Waals surface area contributed by atoms with E-state index in [4.69, 9.17) is 23.7 Å². The first kappa shape index (κ1) is 17.4. The fourth-order valence-corrected chi connectivity index (χ4v) is 4.00. The molecule has 148 valence electrons. The van der Waals surface area contributed by atoms with Gasteiger partial charge in [-0.2, -0.15) is 0 Å². The Bertz CT molecular complexity index is 1210. The third kappa shape index (κ3) is 2.52. The highest BCUT2D eigenvalue weighted by atomic mass is 16.7. The van der Waals surface area contributed by atoms with E-state index in [0.717, 1.165) is 0 Å². The SMILES string of the molecule is COc1cc(C2CC(=O)Oc3c2c(=O)[nH]c2ccccc32)c(OC)c2c1OCO2. The van der Waals surface area contributed by atoms with Gasteiger partial charge in [0.2, 0.25) is 18.3 Å². The number of pyridine rings is 1. The molecule has 0 fully saturated rings. The third-order valence-electron chi connectivity index (χ3n) is 5.24. The minimum Gasteiger partial charge on any atom is -0.493 e. The summed E-state index contributed by atoms with van der Waals surface area (Å²) in [7, 11) is 3.01. The maximum atomic E-state index is 13.0.